The van der Waals surface area contributed by atoms with E-state index >= 15 is 0 Å². The topological polar surface area (TPSA) is 125 Å². The van der Waals surface area contributed by atoms with E-state index in [-0.39, 0.29) is 0 Å². The lowest BCUT2D eigenvalue weighted by Gasteiger charge is -2.27. The van der Waals surface area contributed by atoms with E-state index in [0.29, 0.717) is 52.3 Å². The molecule has 4 aromatic carbocycles. The first-order valence-corrected chi connectivity index (χ1v) is 17.3. The Morgan fingerprint density at radius 1 is 0.739 bits per heavy atom. The normalized spacial score (nSPS) is 11.8. The molecular formula is C34H37N7O2PS2+. The van der Waals surface area contributed by atoms with Crippen LogP contribution >= 0.6 is 31.7 Å². The van der Waals surface area contributed by atoms with Gasteiger partial charge in [0.25, 0.3) is 0 Å². The summed E-state index contributed by atoms with van der Waals surface area (Å²) < 4.78 is 6.41. The Kier molecular flexibility index (Phi) is 12.9. The van der Waals surface area contributed by atoms with Gasteiger partial charge in [-0.2, -0.15) is 10.2 Å². The molecule has 0 unspecified atom stereocenters. The number of nitrogens with zero attached hydrogens (tertiary/aromatic N) is 2. The molecule has 4 rings (SSSR count). The summed E-state index contributed by atoms with van der Waals surface area (Å²) in [5.41, 5.74) is 13.2. The van der Waals surface area contributed by atoms with E-state index in [9.17, 15) is 4.79 Å². The van der Waals surface area contributed by atoms with E-state index in [1.165, 1.54) is 15.9 Å². The van der Waals surface area contributed by atoms with Crippen LogP contribution in [-0.4, -0.2) is 54.1 Å². The molecule has 0 aliphatic carbocycles. The summed E-state index contributed by atoms with van der Waals surface area (Å²) in [6, 6.07) is 38.5. The van der Waals surface area contributed by atoms with E-state index in [2.05, 4.69) is 104 Å². The first-order valence-electron chi connectivity index (χ1n) is 14.5. The number of carbonyl (C=O) groups is 1. The van der Waals surface area contributed by atoms with Crippen LogP contribution in [0.3, 0.4) is 0 Å². The average Bonchev–Trinajstić information content (AvgIpc) is 3.10. The van der Waals surface area contributed by atoms with Crippen LogP contribution < -0.4 is 43.1 Å². The molecular weight excluding hydrogens is 634 g/mol. The van der Waals surface area contributed by atoms with E-state index in [1.807, 2.05) is 18.2 Å². The number of carbonyl (C=O) groups excluding carboxylic acids is 1. The summed E-state index contributed by atoms with van der Waals surface area (Å²) in [6.07, 6.45) is 0.542. The zero-order valence-electron chi connectivity index (χ0n) is 25.6. The molecule has 4 aromatic rings. The highest BCUT2D eigenvalue weighted by Gasteiger charge is 2.45. The number of hydrogen-bond donors (Lipinski definition) is 5. The van der Waals surface area contributed by atoms with E-state index in [1.54, 1.807) is 38.2 Å². The zero-order valence-corrected chi connectivity index (χ0v) is 28.2. The number of hydrogen-bond acceptors (Lipinski definition) is 6. The van der Waals surface area contributed by atoms with Crippen LogP contribution in [-0.2, 0) is 4.74 Å². The third kappa shape index (κ3) is 9.02. The van der Waals surface area contributed by atoms with Crippen molar-refractivity contribution in [3.8, 4) is 0 Å². The predicted octanol–water partition coefficient (Wildman–Crippen LogP) is 3.39. The number of primary amides is 1. The molecule has 0 aliphatic heterocycles. The average molecular weight is 671 g/mol. The molecule has 12 heteroatoms. The molecule has 0 aromatic heterocycles. The van der Waals surface area contributed by atoms with Crippen molar-refractivity contribution >= 4 is 75.2 Å². The van der Waals surface area contributed by atoms with Crippen LogP contribution in [0.15, 0.2) is 125 Å². The van der Waals surface area contributed by atoms with Gasteiger partial charge in [-0.15, -0.1) is 0 Å². The number of benzene rings is 4. The Bertz CT molecular complexity index is 1570. The molecule has 0 fully saturated rings. The van der Waals surface area contributed by atoms with Gasteiger partial charge < -0.3 is 21.1 Å². The number of nitrogens with one attached hydrogen (secondary N) is 4. The van der Waals surface area contributed by atoms with Gasteiger partial charge >= 0.3 is 0 Å². The predicted molar refractivity (Wildman–Crippen MR) is 199 cm³/mol. The molecule has 0 saturated heterocycles. The fourth-order valence-corrected chi connectivity index (χ4v) is 8.67. The van der Waals surface area contributed by atoms with Gasteiger partial charge in [0.05, 0.1) is 12.3 Å². The zero-order chi connectivity index (χ0) is 32.8. The molecule has 0 saturated carbocycles. The second-order valence-electron chi connectivity index (χ2n) is 10.0. The van der Waals surface area contributed by atoms with Gasteiger partial charge in [-0.3, -0.25) is 15.6 Å². The minimum Gasteiger partial charge on any atom is -0.366 e. The first-order chi connectivity index (χ1) is 22.3. The summed E-state index contributed by atoms with van der Waals surface area (Å²) in [5, 5.41) is 19.2. The lowest BCUT2D eigenvalue weighted by Crippen LogP contribution is -2.37. The van der Waals surface area contributed by atoms with Crippen LogP contribution in [0.1, 0.15) is 22.8 Å². The van der Waals surface area contributed by atoms with Gasteiger partial charge in [0.2, 0.25) is 5.91 Å². The number of rotatable bonds is 13. The van der Waals surface area contributed by atoms with Crippen molar-refractivity contribution in [2.75, 3.05) is 26.5 Å². The standard InChI is InChI=1S/C34H36N7O2PS2/c1-25(31(39-40-33(45)36-2)26-18-20-27(21-19-26)32(35)42)38-41-34(46)37-22-23-43-24-44(28-12-6-3-7-13-28,29-14-8-4-9-15-29)30-16-10-5-11-17-30/h3-21H,22-24H2,1-2H3,(H5-,35,36,37,38,39,40,41,42,45,46)/p+1. The van der Waals surface area contributed by atoms with Crippen molar-refractivity contribution in [1.82, 2.24) is 21.5 Å². The lowest BCUT2D eigenvalue weighted by atomic mass is 10.0. The van der Waals surface area contributed by atoms with Crippen LogP contribution in [0.2, 0.25) is 0 Å². The highest BCUT2D eigenvalue weighted by molar-refractivity contribution is 7.95. The summed E-state index contributed by atoms with van der Waals surface area (Å²) in [5.74, 6) is -0.514. The van der Waals surface area contributed by atoms with Gasteiger partial charge in [0.1, 0.15) is 28.9 Å². The molecule has 236 valence electrons. The number of nitrogens with two attached hydrogens (primary N) is 1. The maximum absolute atomic E-state index is 11.5. The summed E-state index contributed by atoms with van der Waals surface area (Å²) in [6.45, 7) is 2.69. The largest absolute Gasteiger partial charge is 0.366 e. The monoisotopic (exact) mass is 670 g/mol. The van der Waals surface area contributed by atoms with Crippen molar-refractivity contribution < 1.29 is 9.53 Å². The Balaban J connectivity index is 1.41. The quantitative estimate of drug-likeness (QED) is 0.0483. The number of thiocarbonyl (C=S) groups is 2. The Morgan fingerprint density at radius 3 is 1.70 bits per heavy atom. The van der Waals surface area contributed by atoms with Gasteiger partial charge in [0, 0.05) is 24.7 Å². The lowest BCUT2D eigenvalue weighted by molar-refractivity contribution is 0.100. The fraction of sp³-hybridized carbons (Fsp3) is 0.147. The van der Waals surface area contributed by atoms with Gasteiger partial charge in [-0.05, 0) is 79.9 Å². The van der Waals surface area contributed by atoms with E-state index in [0.717, 1.165) is 0 Å². The van der Waals surface area contributed by atoms with Crippen molar-refractivity contribution in [1.29, 1.82) is 0 Å². The second-order valence-corrected chi connectivity index (χ2v) is 14.3. The smallest absolute Gasteiger partial charge is 0.248 e. The molecule has 0 heterocycles. The second kappa shape index (κ2) is 17.2. The van der Waals surface area contributed by atoms with Crippen LogP contribution in [0, 0.1) is 0 Å². The molecule has 0 bridgehead atoms. The highest BCUT2D eigenvalue weighted by Crippen LogP contribution is 2.55. The maximum atomic E-state index is 11.5. The molecule has 0 spiro atoms. The van der Waals surface area contributed by atoms with Gasteiger partial charge in [-0.25, -0.2) is 0 Å². The Hall–Kier alpha value is -4.54. The van der Waals surface area contributed by atoms with Gasteiger partial charge in [-0.1, -0.05) is 66.7 Å². The molecule has 0 radical (unpaired) electrons. The molecule has 0 atom stereocenters. The number of hydrazone groups is 2. The van der Waals surface area contributed by atoms with Crippen molar-refractivity contribution in [2.45, 2.75) is 6.92 Å². The number of ether oxygens (including phenoxy) is 1. The minimum atomic E-state index is -2.09. The van der Waals surface area contributed by atoms with Crippen LogP contribution in [0.25, 0.3) is 0 Å². The van der Waals surface area contributed by atoms with Crippen molar-refractivity contribution in [3.05, 3.63) is 126 Å². The third-order valence-electron chi connectivity index (χ3n) is 7.01. The molecule has 1 amide bonds. The Morgan fingerprint density at radius 2 is 1.22 bits per heavy atom. The number of amides is 1. The van der Waals surface area contributed by atoms with Gasteiger partial charge in [0.15, 0.2) is 16.6 Å². The SMILES string of the molecule is CNC(=S)NN=C(C(C)=NNC(=S)NCCOC[P+](c1ccccc1)(c1ccccc1)c1ccccc1)c1ccc(C(N)=O)cc1. The van der Waals surface area contributed by atoms with Crippen molar-refractivity contribution in [2.24, 2.45) is 15.9 Å². The summed E-state index contributed by atoms with van der Waals surface area (Å²) in [7, 11) is -0.397. The molecule has 0 aliphatic rings. The fourth-order valence-electron chi connectivity index (χ4n) is 4.69. The minimum absolute atomic E-state index is 0.334. The van der Waals surface area contributed by atoms with E-state index < -0.39 is 13.2 Å². The molecule has 9 nitrogen and oxygen atoms in total. The van der Waals surface area contributed by atoms with Crippen LogP contribution in [0.4, 0.5) is 0 Å². The van der Waals surface area contributed by atoms with Crippen molar-refractivity contribution in [3.63, 3.8) is 0 Å². The van der Waals surface area contributed by atoms with Crippen LogP contribution in [0.5, 0.6) is 0 Å². The molecule has 46 heavy (non-hydrogen) atoms. The third-order valence-corrected chi connectivity index (χ3v) is 11.7. The highest BCUT2D eigenvalue weighted by atomic mass is 32.1. The maximum Gasteiger partial charge on any atom is 0.248 e. The van der Waals surface area contributed by atoms with E-state index in [4.69, 9.17) is 34.9 Å². The molecule has 6 N–H and O–H groups in total. The summed E-state index contributed by atoms with van der Waals surface area (Å²) in [4.78, 5) is 11.5. The first kappa shape index (κ1) is 34.3. The Labute approximate surface area is 281 Å². The summed E-state index contributed by atoms with van der Waals surface area (Å²) >= 11 is 10.6.